The number of benzene rings is 1. The van der Waals surface area contributed by atoms with Crippen LogP contribution in [0, 0.1) is 0 Å². The zero-order valence-corrected chi connectivity index (χ0v) is 11.8. The standard InChI is InChI=1S/C15H23N3/c1-5-6-14-17-12-9-11(15(2,3)10-16)7-8-13(12)18(14)4/h7-9H,5-6,10,16H2,1-4H3. The number of rotatable bonds is 4. The SMILES string of the molecule is CCCc1nc2cc(C(C)(C)CN)ccc2n1C. The molecule has 3 heteroatoms. The number of nitrogens with zero attached hydrogens (tertiary/aromatic N) is 2. The second kappa shape index (κ2) is 4.73. The van der Waals surface area contributed by atoms with Gasteiger partial charge in [-0.15, -0.1) is 0 Å². The highest BCUT2D eigenvalue weighted by Gasteiger charge is 2.19. The van der Waals surface area contributed by atoms with Crippen LogP contribution in [-0.4, -0.2) is 16.1 Å². The molecule has 0 radical (unpaired) electrons. The molecule has 2 rings (SSSR count). The van der Waals surface area contributed by atoms with E-state index in [0.717, 1.165) is 24.2 Å². The van der Waals surface area contributed by atoms with Gasteiger partial charge < -0.3 is 10.3 Å². The normalized spacial score (nSPS) is 12.3. The quantitative estimate of drug-likeness (QED) is 0.900. The Labute approximate surface area is 109 Å². The summed E-state index contributed by atoms with van der Waals surface area (Å²) in [6.07, 6.45) is 2.15. The van der Waals surface area contributed by atoms with Gasteiger partial charge in [0.2, 0.25) is 0 Å². The van der Waals surface area contributed by atoms with E-state index in [2.05, 4.69) is 50.6 Å². The van der Waals surface area contributed by atoms with Crippen LogP contribution in [0.3, 0.4) is 0 Å². The second-order valence-electron chi connectivity index (χ2n) is 5.63. The van der Waals surface area contributed by atoms with Crippen molar-refractivity contribution in [1.82, 2.24) is 9.55 Å². The molecule has 98 valence electrons. The second-order valence-corrected chi connectivity index (χ2v) is 5.63. The highest BCUT2D eigenvalue weighted by atomic mass is 15.1. The average Bonchev–Trinajstić information content (AvgIpc) is 2.66. The van der Waals surface area contributed by atoms with Gasteiger partial charge >= 0.3 is 0 Å². The molecule has 1 aromatic heterocycles. The molecule has 0 fully saturated rings. The van der Waals surface area contributed by atoms with Crippen LogP contribution >= 0.6 is 0 Å². The zero-order chi connectivity index (χ0) is 13.3. The van der Waals surface area contributed by atoms with Gasteiger partial charge in [-0.2, -0.15) is 0 Å². The molecule has 0 amide bonds. The Morgan fingerprint density at radius 1 is 1.33 bits per heavy atom. The largest absolute Gasteiger partial charge is 0.331 e. The predicted molar refractivity (Wildman–Crippen MR) is 76.8 cm³/mol. The summed E-state index contributed by atoms with van der Waals surface area (Å²) in [4.78, 5) is 4.73. The maximum absolute atomic E-state index is 5.84. The van der Waals surface area contributed by atoms with Crippen molar-refractivity contribution in [3.8, 4) is 0 Å². The van der Waals surface area contributed by atoms with E-state index in [1.54, 1.807) is 0 Å². The summed E-state index contributed by atoms with van der Waals surface area (Å²) < 4.78 is 2.19. The summed E-state index contributed by atoms with van der Waals surface area (Å²) in [6.45, 7) is 7.17. The predicted octanol–water partition coefficient (Wildman–Crippen LogP) is 2.76. The molecule has 2 aromatic rings. The summed E-state index contributed by atoms with van der Waals surface area (Å²) >= 11 is 0. The molecule has 1 aromatic carbocycles. The number of hydrogen-bond acceptors (Lipinski definition) is 2. The van der Waals surface area contributed by atoms with Crippen molar-refractivity contribution in [2.24, 2.45) is 12.8 Å². The smallest absolute Gasteiger partial charge is 0.109 e. The van der Waals surface area contributed by atoms with Crippen LogP contribution in [0.1, 0.15) is 38.6 Å². The van der Waals surface area contributed by atoms with Crippen LogP contribution in [0.25, 0.3) is 11.0 Å². The fraction of sp³-hybridized carbons (Fsp3) is 0.533. The third-order valence-electron chi connectivity index (χ3n) is 3.74. The van der Waals surface area contributed by atoms with E-state index in [-0.39, 0.29) is 5.41 Å². The van der Waals surface area contributed by atoms with E-state index in [4.69, 9.17) is 10.7 Å². The van der Waals surface area contributed by atoms with Gasteiger partial charge in [0.25, 0.3) is 0 Å². The van der Waals surface area contributed by atoms with Gasteiger partial charge in [-0.1, -0.05) is 26.8 Å². The van der Waals surface area contributed by atoms with Crippen LogP contribution in [0.2, 0.25) is 0 Å². The molecule has 1 heterocycles. The lowest BCUT2D eigenvalue weighted by Gasteiger charge is -2.22. The summed E-state index contributed by atoms with van der Waals surface area (Å²) in [5, 5.41) is 0. The van der Waals surface area contributed by atoms with Crippen LogP contribution in [0.5, 0.6) is 0 Å². The van der Waals surface area contributed by atoms with Gasteiger partial charge in [-0.3, -0.25) is 0 Å². The van der Waals surface area contributed by atoms with Crippen molar-refractivity contribution >= 4 is 11.0 Å². The van der Waals surface area contributed by atoms with Crippen LogP contribution < -0.4 is 5.73 Å². The molecule has 0 saturated carbocycles. The molecular weight excluding hydrogens is 222 g/mol. The van der Waals surface area contributed by atoms with Crippen LogP contribution in [0.4, 0.5) is 0 Å². The Morgan fingerprint density at radius 3 is 2.67 bits per heavy atom. The molecular formula is C15H23N3. The number of aryl methyl sites for hydroxylation is 2. The number of nitrogens with two attached hydrogens (primary N) is 1. The summed E-state index contributed by atoms with van der Waals surface area (Å²) in [5.41, 5.74) is 9.40. The lowest BCUT2D eigenvalue weighted by Crippen LogP contribution is -2.27. The first-order chi connectivity index (χ1) is 8.49. The minimum Gasteiger partial charge on any atom is -0.331 e. The van der Waals surface area contributed by atoms with Crippen molar-refractivity contribution in [3.05, 3.63) is 29.6 Å². The molecule has 0 aliphatic carbocycles. The average molecular weight is 245 g/mol. The Bertz CT molecular complexity index is 552. The maximum Gasteiger partial charge on any atom is 0.109 e. The monoisotopic (exact) mass is 245 g/mol. The lowest BCUT2D eigenvalue weighted by molar-refractivity contribution is 0.539. The number of hydrogen-bond donors (Lipinski definition) is 1. The topological polar surface area (TPSA) is 43.8 Å². The molecule has 0 spiro atoms. The number of aromatic nitrogens is 2. The molecule has 0 bridgehead atoms. The van der Waals surface area contributed by atoms with Crippen LogP contribution in [0.15, 0.2) is 18.2 Å². The Hall–Kier alpha value is -1.35. The van der Waals surface area contributed by atoms with Gasteiger partial charge in [0.1, 0.15) is 5.82 Å². The first-order valence-electron chi connectivity index (χ1n) is 6.65. The van der Waals surface area contributed by atoms with Gasteiger partial charge in [-0.05, 0) is 24.1 Å². The van der Waals surface area contributed by atoms with Crippen LogP contribution in [-0.2, 0) is 18.9 Å². The molecule has 0 aliphatic heterocycles. The first-order valence-corrected chi connectivity index (χ1v) is 6.65. The molecule has 0 saturated heterocycles. The number of imidazole rings is 1. The van der Waals surface area contributed by atoms with Crippen molar-refractivity contribution < 1.29 is 0 Å². The third kappa shape index (κ3) is 2.15. The Morgan fingerprint density at radius 2 is 2.06 bits per heavy atom. The minimum absolute atomic E-state index is 0.0105. The molecule has 0 atom stereocenters. The maximum atomic E-state index is 5.84. The van der Waals surface area contributed by atoms with Gasteiger partial charge in [0.15, 0.2) is 0 Å². The van der Waals surface area contributed by atoms with E-state index in [1.165, 1.54) is 11.1 Å². The molecule has 0 unspecified atom stereocenters. The van der Waals surface area contributed by atoms with E-state index in [1.807, 2.05) is 0 Å². The minimum atomic E-state index is 0.0105. The molecule has 0 aliphatic rings. The van der Waals surface area contributed by atoms with Crippen molar-refractivity contribution in [2.75, 3.05) is 6.54 Å². The Balaban J connectivity index is 2.52. The van der Waals surface area contributed by atoms with E-state index in [9.17, 15) is 0 Å². The van der Waals surface area contributed by atoms with Crippen molar-refractivity contribution in [1.29, 1.82) is 0 Å². The summed E-state index contributed by atoms with van der Waals surface area (Å²) in [7, 11) is 2.09. The molecule has 3 nitrogen and oxygen atoms in total. The fourth-order valence-corrected chi connectivity index (χ4v) is 2.24. The van der Waals surface area contributed by atoms with Gasteiger partial charge in [0.05, 0.1) is 11.0 Å². The van der Waals surface area contributed by atoms with Crippen molar-refractivity contribution in [2.45, 2.75) is 39.0 Å². The first kappa shape index (κ1) is 13.1. The fourth-order valence-electron chi connectivity index (χ4n) is 2.24. The van der Waals surface area contributed by atoms with E-state index < -0.39 is 0 Å². The van der Waals surface area contributed by atoms with E-state index in [0.29, 0.717) is 6.54 Å². The number of fused-ring (bicyclic) bond motifs is 1. The highest BCUT2D eigenvalue weighted by molar-refractivity contribution is 5.77. The molecule has 18 heavy (non-hydrogen) atoms. The summed E-state index contributed by atoms with van der Waals surface area (Å²) in [6, 6.07) is 6.52. The van der Waals surface area contributed by atoms with Crippen molar-refractivity contribution in [3.63, 3.8) is 0 Å². The van der Waals surface area contributed by atoms with Gasteiger partial charge in [-0.25, -0.2) is 4.98 Å². The third-order valence-corrected chi connectivity index (χ3v) is 3.74. The summed E-state index contributed by atoms with van der Waals surface area (Å²) in [5.74, 6) is 1.16. The van der Waals surface area contributed by atoms with E-state index >= 15 is 0 Å². The Kier molecular flexibility index (Phi) is 3.44. The lowest BCUT2D eigenvalue weighted by atomic mass is 9.85. The highest BCUT2D eigenvalue weighted by Crippen LogP contribution is 2.26. The molecule has 2 N–H and O–H groups in total. The van der Waals surface area contributed by atoms with Gasteiger partial charge in [0, 0.05) is 25.4 Å². The zero-order valence-electron chi connectivity index (χ0n) is 11.8.